The lowest BCUT2D eigenvalue weighted by Crippen LogP contribution is -2.41. The zero-order valence-corrected chi connectivity index (χ0v) is 10.4. The van der Waals surface area contributed by atoms with Gasteiger partial charge in [0.2, 0.25) is 17.7 Å². The number of amides is 3. The lowest BCUT2D eigenvalue weighted by Gasteiger charge is -2.19. The summed E-state index contributed by atoms with van der Waals surface area (Å²) in [7, 11) is 0. The maximum atomic E-state index is 12.1. The van der Waals surface area contributed by atoms with Crippen LogP contribution >= 0.6 is 0 Å². The van der Waals surface area contributed by atoms with Crippen LogP contribution < -0.4 is 5.32 Å². The fourth-order valence-corrected chi connectivity index (χ4v) is 3.03. The summed E-state index contributed by atoms with van der Waals surface area (Å²) < 4.78 is 0. The first kappa shape index (κ1) is 11.7. The first-order valence-corrected chi connectivity index (χ1v) is 6.81. The molecule has 2 atom stereocenters. The van der Waals surface area contributed by atoms with Crippen LogP contribution in [0.5, 0.6) is 0 Å². The molecule has 2 saturated carbocycles. The quantitative estimate of drug-likeness (QED) is 0.739. The Morgan fingerprint density at radius 2 is 1.61 bits per heavy atom. The number of carbonyl (C=O) groups excluding carboxylic acids is 3. The second kappa shape index (κ2) is 4.37. The van der Waals surface area contributed by atoms with Crippen LogP contribution in [0.2, 0.25) is 0 Å². The topological polar surface area (TPSA) is 66.5 Å². The highest BCUT2D eigenvalue weighted by Crippen LogP contribution is 2.37. The maximum Gasteiger partial charge on any atom is 0.240 e. The van der Waals surface area contributed by atoms with E-state index in [1.165, 1.54) is 4.90 Å². The molecule has 0 aromatic heterocycles. The van der Waals surface area contributed by atoms with Crippen molar-refractivity contribution < 1.29 is 14.4 Å². The van der Waals surface area contributed by atoms with E-state index in [-0.39, 0.29) is 42.1 Å². The van der Waals surface area contributed by atoms with E-state index in [1.807, 2.05) is 0 Å². The number of nitrogens with one attached hydrogen (secondary N) is 1. The number of hydrogen-bond donors (Lipinski definition) is 1. The van der Waals surface area contributed by atoms with E-state index in [4.69, 9.17) is 0 Å². The third-order valence-electron chi connectivity index (χ3n) is 4.18. The Morgan fingerprint density at radius 1 is 1.06 bits per heavy atom. The molecule has 18 heavy (non-hydrogen) atoms. The molecule has 98 valence electrons. The smallest absolute Gasteiger partial charge is 0.240 e. The van der Waals surface area contributed by atoms with Gasteiger partial charge in [0.25, 0.3) is 0 Å². The highest BCUT2D eigenvalue weighted by Gasteiger charge is 2.48. The third-order valence-corrected chi connectivity index (χ3v) is 4.18. The zero-order chi connectivity index (χ0) is 12.7. The Balaban J connectivity index is 1.65. The van der Waals surface area contributed by atoms with Crippen LogP contribution in [0.25, 0.3) is 0 Å². The van der Waals surface area contributed by atoms with Gasteiger partial charge in [0, 0.05) is 6.04 Å². The molecule has 3 aliphatic rings. The summed E-state index contributed by atoms with van der Waals surface area (Å²) in [6.45, 7) is -0.0822. The summed E-state index contributed by atoms with van der Waals surface area (Å²) in [6.07, 6.45) is 5.66. The summed E-state index contributed by atoms with van der Waals surface area (Å²) in [5.41, 5.74) is 0. The number of rotatable bonds is 3. The van der Waals surface area contributed by atoms with Gasteiger partial charge in [0.1, 0.15) is 6.54 Å². The van der Waals surface area contributed by atoms with Crippen molar-refractivity contribution in [2.75, 3.05) is 6.54 Å². The Labute approximate surface area is 106 Å². The first-order chi connectivity index (χ1) is 8.66. The highest BCUT2D eigenvalue weighted by molar-refractivity contribution is 6.07. The Bertz CT molecular complexity index is 379. The van der Waals surface area contributed by atoms with Crippen molar-refractivity contribution in [2.24, 2.45) is 11.8 Å². The molecule has 3 rings (SSSR count). The van der Waals surface area contributed by atoms with Gasteiger partial charge in [-0.1, -0.05) is 12.8 Å². The lowest BCUT2D eigenvalue weighted by atomic mass is 9.81. The fourth-order valence-electron chi connectivity index (χ4n) is 3.03. The van der Waals surface area contributed by atoms with E-state index in [0.29, 0.717) is 0 Å². The SMILES string of the molecule is O=C(CN1C(=O)C2CCCCC2C1=O)NC1CC1. The van der Waals surface area contributed by atoms with Crippen LogP contribution in [0.4, 0.5) is 0 Å². The summed E-state index contributed by atoms with van der Waals surface area (Å²) in [4.78, 5) is 37.1. The normalized spacial score (nSPS) is 31.4. The van der Waals surface area contributed by atoms with Crippen molar-refractivity contribution in [1.29, 1.82) is 0 Å². The molecule has 1 heterocycles. The average molecular weight is 250 g/mol. The molecule has 0 spiro atoms. The summed E-state index contributed by atoms with van der Waals surface area (Å²) in [6, 6.07) is 0.271. The van der Waals surface area contributed by atoms with Gasteiger partial charge in [-0.3, -0.25) is 19.3 Å². The van der Waals surface area contributed by atoms with Crippen LogP contribution in [-0.4, -0.2) is 35.2 Å². The minimum atomic E-state index is -0.196. The van der Waals surface area contributed by atoms with Crippen molar-refractivity contribution in [1.82, 2.24) is 10.2 Å². The van der Waals surface area contributed by atoms with Gasteiger partial charge in [0.05, 0.1) is 11.8 Å². The second-order valence-electron chi connectivity index (χ2n) is 5.60. The molecule has 1 N–H and O–H groups in total. The number of hydrogen-bond acceptors (Lipinski definition) is 3. The van der Waals surface area contributed by atoms with Crippen LogP contribution in [0.3, 0.4) is 0 Å². The maximum absolute atomic E-state index is 12.1. The zero-order valence-electron chi connectivity index (χ0n) is 10.4. The molecular weight excluding hydrogens is 232 g/mol. The fraction of sp³-hybridized carbons (Fsp3) is 0.769. The van der Waals surface area contributed by atoms with E-state index in [2.05, 4.69) is 5.32 Å². The minimum Gasteiger partial charge on any atom is -0.352 e. The van der Waals surface area contributed by atoms with Gasteiger partial charge < -0.3 is 5.32 Å². The van der Waals surface area contributed by atoms with E-state index in [1.54, 1.807) is 0 Å². The summed E-state index contributed by atoms with van der Waals surface area (Å²) >= 11 is 0. The van der Waals surface area contributed by atoms with E-state index in [0.717, 1.165) is 38.5 Å². The largest absolute Gasteiger partial charge is 0.352 e. The third kappa shape index (κ3) is 2.02. The van der Waals surface area contributed by atoms with E-state index >= 15 is 0 Å². The predicted molar refractivity (Wildman–Crippen MR) is 63.3 cm³/mol. The second-order valence-corrected chi connectivity index (χ2v) is 5.60. The number of likely N-dealkylation sites (tertiary alicyclic amines) is 1. The van der Waals surface area contributed by atoms with Gasteiger partial charge in [-0.25, -0.2) is 0 Å². The van der Waals surface area contributed by atoms with Gasteiger partial charge in [-0.05, 0) is 25.7 Å². The molecule has 0 bridgehead atoms. The van der Waals surface area contributed by atoms with Gasteiger partial charge in [0.15, 0.2) is 0 Å². The van der Waals surface area contributed by atoms with Crippen LogP contribution in [0.15, 0.2) is 0 Å². The van der Waals surface area contributed by atoms with Gasteiger partial charge in [-0.15, -0.1) is 0 Å². The molecule has 0 radical (unpaired) electrons. The first-order valence-electron chi connectivity index (χ1n) is 6.81. The van der Waals surface area contributed by atoms with Crippen molar-refractivity contribution in [3.05, 3.63) is 0 Å². The van der Waals surface area contributed by atoms with Crippen molar-refractivity contribution in [3.8, 4) is 0 Å². The summed E-state index contributed by atoms with van der Waals surface area (Å²) in [5, 5.41) is 2.82. The molecule has 1 saturated heterocycles. The minimum absolute atomic E-state index is 0.0822. The Morgan fingerprint density at radius 3 is 2.11 bits per heavy atom. The van der Waals surface area contributed by atoms with Crippen LogP contribution in [0.1, 0.15) is 38.5 Å². The lowest BCUT2D eigenvalue weighted by molar-refractivity contribution is -0.143. The molecule has 0 aromatic rings. The van der Waals surface area contributed by atoms with Crippen molar-refractivity contribution >= 4 is 17.7 Å². The molecule has 3 amide bonds. The molecule has 2 aliphatic carbocycles. The monoisotopic (exact) mass is 250 g/mol. The van der Waals surface area contributed by atoms with Crippen molar-refractivity contribution in [2.45, 2.75) is 44.6 Å². The molecule has 5 nitrogen and oxygen atoms in total. The summed E-state index contributed by atoms with van der Waals surface area (Å²) in [5.74, 6) is -0.760. The number of carbonyl (C=O) groups is 3. The van der Waals surface area contributed by atoms with E-state index in [9.17, 15) is 14.4 Å². The molecule has 5 heteroatoms. The molecule has 0 aromatic carbocycles. The van der Waals surface area contributed by atoms with Crippen LogP contribution in [0, 0.1) is 11.8 Å². The van der Waals surface area contributed by atoms with Crippen molar-refractivity contribution in [3.63, 3.8) is 0 Å². The van der Waals surface area contributed by atoms with Gasteiger partial charge in [-0.2, -0.15) is 0 Å². The molecular formula is C13H18N2O3. The van der Waals surface area contributed by atoms with E-state index < -0.39 is 0 Å². The number of nitrogens with zero attached hydrogens (tertiary/aromatic N) is 1. The average Bonchev–Trinajstić information content (AvgIpc) is 3.14. The number of imide groups is 1. The Kier molecular flexibility index (Phi) is 2.84. The predicted octanol–water partition coefficient (Wildman–Crippen LogP) is 0.440. The van der Waals surface area contributed by atoms with Crippen LogP contribution in [-0.2, 0) is 14.4 Å². The highest BCUT2D eigenvalue weighted by atomic mass is 16.2. The van der Waals surface area contributed by atoms with Gasteiger partial charge >= 0.3 is 0 Å². The molecule has 1 aliphatic heterocycles. The molecule has 2 unspecified atom stereocenters. The molecule has 3 fully saturated rings. The standard InChI is InChI=1S/C13H18N2O3/c16-11(14-8-5-6-8)7-15-12(17)9-3-1-2-4-10(9)13(15)18/h8-10H,1-7H2,(H,14,16). The number of fused-ring (bicyclic) bond motifs is 1. The Hall–Kier alpha value is -1.39.